The predicted molar refractivity (Wildman–Crippen MR) is 141 cm³/mol. The third-order valence-corrected chi connectivity index (χ3v) is 8.02. The lowest BCUT2D eigenvalue weighted by Crippen LogP contribution is -2.36. The second-order valence-electron chi connectivity index (χ2n) is 9.86. The Labute approximate surface area is 228 Å². The Morgan fingerprint density at radius 2 is 1.97 bits per heavy atom. The summed E-state index contributed by atoms with van der Waals surface area (Å²) in [7, 11) is 1.44. The molecule has 3 aliphatic rings. The number of dihydropyridines is 1. The molecule has 0 amide bonds. The van der Waals surface area contributed by atoms with Crippen LogP contribution in [0.25, 0.3) is 0 Å². The molecule has 1 aliphatic carbocycles. The fourth-order valence-corrected chi connectivity index (χ4v) is 6.01. The highest BCUT2D eigenvalue weighted by Gasteiger charge is 2.42. The lowest BCUT2D eigenvalue weighted by atomic mass is 9.71. The maximum absolute atomic E-state index is 13.8. The van der Waals surface area contributed by atoms with Gasteiger partial charge in [-0.15, -0.1) is 0 Å². The Kier molecular flexibility index (Phi) is 7.59. The number of benzene rings is 2. The van der Waals surface area contributed by atoms with Crippen LogP contribution in [0.15, 0.2) is 63.4 Å². The van der Waals surface area contributed by atoms with E-state index in [-0.39, 0.29) is 48.1 Å². The van der Waals surface area contributed by atoms with E-state index in [0.29, 0.717) is 39.9 Å². The van der Waals surface area contributed by atoms with Gasteiger partial charge in [-0.3, -0.25) is 4.79 Å². The van der Waals surface area contributed by atoms with Crippen LogP contribution in [-0.4, -0.2) is 43.3 Å². The molecule has 0 unspecified atom stereocenters. The molecular formula is C29H29BrFNO6. The van der Waals surface area contributed by atoms with E-state index >= 15 is 0 Å². The highest BCUT2D eigenvalue weighted by atomic mass is 79.9. The molecule has 38 heavy (non-hydrogen) atoms. The quantitative estimate of drug-likeness (QED) is 0.439. The summed E-state index contributed by atoms with van der Waals surface area (Å²) in [6.45, 7) is 2.57. The maximum atomic E-state index is 13.8. The highest BCUT2D eigenvalue weighted by Crippen LogP contribution is 2.48. The van der Waals surface area contributed by atoms with Crippen molar-refractivity contribution in [3.63, 3.8) is 0 Å². The molecule has 1 saturated heterocycles. The summed E-state index contributed by atoms with van der Waals surface area (Å²) in [5.41, 5.74) is 3.60. The van der Waals surface area contributed by atoms with Crippen molar-refractivity contribution in [2.45, 2.75) is 50.5 Å². The average Bonchev–Trinajstić information content (AvgIpc) is 3.42. The van der Waals surface area contributed by atoms with Crippen LogP contribution in [0.1, 0.15) is 55.6 Å². The summed E-state index contributed by atoms with van der Waals surface area (Å²) in [6.07, 6.45) is 2.36. The Morgan fingerprint density at radius 3 is 2.66 bits per heavy atom. The van der Waals surface area contributed by atoms with Gasteiger partial charge in [-0.1, -0.05) is 12.1 Å². The number of aromatic hydroxyl groups is 1. The van der Waals surface area contributed by atoms with E-state index < -0.39 is 11.9 Å². The summed E-state index contributed by atoms with van der Waals surface area (Å²) in [6, 6.07) is 9.54. The SMILES string of the molecule is COc1cc([C@H]2C(C(=O)OC[C@H]3CCCO3)=C(C)NC3=C2C(=O)C[C@@H](c2ccc(F)cc2)C3)cc(Br)c1O. The molecule has 9 heteroatoms. The van der Waals surface area contributed by atoms with Gasteiger partial charge < -0.3 is 24.6 Å². The number of Topliss-reactive ketones (excluding diaryl/α,β-unsaturated/α-hetero) is 1. The van der Waals surface area contributed by atoms with Crippen molar-refractivity contribution in [3.05, 3.63) is 80.4 Å². The summed E-state index contributed by atoms with van der Waals surface area (Å²) >= 11 is 3.37. The summed E-state index contributed by atoms with van der Waals surface area (Å²) in [4.78, 5) is 27.3. The smallest absolute Gasteiger partial charge is 0.336 e. The van der Waals surface area contributed by atoms with Crippen LogP contribution in [0, 0.1) is 5.82 Å². The maximum Gasteiger partial charge on any atom is 0.336 e. The molecule has 0 bridgehead atoms. The molecule has 1 fully saturated rings. The van der Waals surface area contributed by atoms with Gasteiger partial charge in [-0.2, -0.15) is 0 Å². The zero-order chi connectivity index (χ0) is 27.0. The second kappa shape index (κ2) is 10.9. The summed E-state index contributed by atoms with van der Waals surface area (Å²) < 4.78 is 30.6. The molecule has 0 radical (unpaired) electrons. The van der Waals surface area contributed by atoms with E-state index in [1.54, 1.807) is 31.2 Å². The Morgan fingerprint density at radius 1 is 1.21 bits per heavy atom. The van der Waals surface area contributed by atoms with Gasteiger partial charge in [0, 0.05) is 35.9 Å². The van der Waals surface area contributed by atoms with Crippen molar-refractivity contribution in [2.75, 3.05) is 20.3 Å². The first kappa shape index (κ1) is 26.4. The average molecular weight is 586 g/mol. The van der Waals surface area contributed by atoms with E-state index in [2.05, 4.69) is 21.2 Å². The molecule has 2 aromatic carbocycles. The zero-order valence-corrected chi connectivity index (χ0v) is 22.8. The highest BCUT2D eigenvalue weighted by molar-refractivity contribution is 9.10. The number of phenolic OH excluding ortho intramolecular Hbond substituents is 1. The first-order chi connectivity index (χ1) is 18.3. The Balaban J connectivity index is 1.55. The molecule has 5 rings (SSSR count). The molecule has 2 aliphatic heterocycles. The minimum Gasteiger partial charge on any atom is -0.503 e. The number of halogens is 2. The van der Waals surface area contributed by atoms with Crippen LogP contribution in [0.5, 0.6) is 11.5 Å². The molecule has 2 aromatic rings. The number of carbonyl (C=O) groups is 2. The molecular weight excluding hydrogens is 557 g/mol. The van der Waals surface area contributed by atoms with Crippen LogP contribution in [-0.2, 0) is 19.1 Å². The van der Waals surface area contributed by atoms with Gasteiger partial charge in [0.2, 0.25) is 0 Å². The number of hydrogen-bond donors (Lipinski definition) is 2. The number of methoxy groups -OCH3 is 1. The lowest BCUT2D eigenvalue weighted by Gasteiger charge is -2.37. The number of phenols is 1. The fraction of sp³-hybridized carbons (Fsp3) is 0.379. The van der Waals surface area contributed by atoms with Crippen LogP contribution in [0.2, 0.25) is 0 Å². The van der Waals surface area contributed by atoms with Crippen LogP contribution in [0.4, 0.5) is 4.39 Å². The topological polar surface area (TPSA) is 94.1 Å². The van der Waals surface area contributed by atoms with E-state index in [1.807, 2.05) is 0 Å². The van der Waals surface area contributed by atoms with E-state index in [1.165, 1.54) is 19.2 Å². The van der Waals surface area contributed by atoms with Gasteiger partial charge in [0.15, 0.2) is 17.3 Å². The third kappa shape index (κ3) is 5.09. The van der Waals surface area contributed by atoms with Crippen molar-refractivity contribution in [1.29, 1.82) is 0 Å². The third-order valence-electron chi connectivity index (χ3n) is 7.42. The van der Waals surface area contributed by atoms with Crippen LogP contribution >= 0.6 is 15.9 Å². The van der Waals surface area contributed by atoms with Gasteiger partial charge >= 0.3 is 5.97 Å². The molecule has 0 aromatic heterocycles. The minimum absolute atomic E-state index is 0.0751. The van der Waals surface area contributed by atoms with Crippen LogP contribution < -0.4 is 10.1 Å². The van der Waals surface area contributed by atoms with Crippen molar-refractivity contribution >= 4 is 27.7 Å². The Bertz CT molecular complexity index is 1330. The number of hydrogen-bond acceptors (Lipinski definition) is 7. The van der Waals surface area contributed by atoms with Crippen molar-refractivity contribution in [3.8, 4) is 11.5 Å². The fourth-order valence-electron chi connectivity index (χ4n) is 5.55. The zero-order valence-electron chi connectivity index (χ0n) is 21.2. The van der Waals surface area contributed by atoms with Crippen LogP contribution in [0.3, 0.4) is 0 Å². The number of allylic oxidation sites excluding steroid dienone is 3. The second-order valence-corrected chi connectivity index (χ2v) is 10.7. The van der Waals surface area contributed by atoms with Gasteiger partial charge in [0.1, 0.15) is 12.4 Å². The normalized spacial score (nSPS) is 23.3. The largest absolute Gasteiger partial charge is 0.503 e. The number of carbonyl (C=O) groups excluding carboxylic acids is 2. The molecule has 0 spiro atoms. The lowest BCUT2D eigenvalue weighted by molar-refractivity contribution is -0.142. The first-order valence-corrected chi connectivity index (χ1v) is 13.4. The number of esters is 1. The number of ether oxygens (including phenoxy) is 3. The van der Waals surface area contributed by atoms with Gasteiger partial charge in [-0.25, -0.2) is 9.18 Å². The van der Waals surface area contributed by atoms with Gasteiger partial charge in [0.25, 0.3) is 0 Å². The number of rotatable bonds is 6. The molecule has 2 N–H and O–H groups in total. The molecule has 2 heterocycles. The van der Waals surface area contributed by atoms with Crippen molar-refractivity contribution < 1.29 is 33.3 Å². The van der Waals surface area contributed by atoms with Crippen molar-refractivity contribution in [2.24, 2.45) is 0 Å². The Hall–Kier alpha value is -3.17. The van der Waals surface area contributed by atoms with E-state index in [9.17, 15) is 19.1 Å². The standard InChI is InChI=1S/C29H29BrFNO6/c1-15-25(29(35)38-14-20-4-3-9-37-20)26(18-10-21(30)28(34)24(13-18)36-2)27-22(32-15)11-17(12-23(27)33)16-5-7-19(31)8-6-16/h5-8,10,13,17,20,26,32,34H,3-4,9,11-12,14H2,1-2H3/t17-,20+,26-/m0/s1. The van der Waals surface area contributed by atoms with Gasteiger partial charge in [0.05, 0.1) is 23.3 Å². The summed E-state index contributed by atoms with van der Waals surface area (Å²) in [5.74, 6) is -1.69. The van der Waals surface area contributed by atoms with E-state index in [4.69, 9.17) is 14.2 Å². The van der Waals surface area contributed by atoms with Gasteiger partial charge in [-0.05, 0) is 83.4 Å². The number of ketones is 1. The molecule has 3 atom stereocenters. The first-order valence-electron chi connectivity index (χ1n) is 12.6. The monoisotopic (exact) mass is 585 g/mol. The molecule has 7 nitrogen and oxygen atoms in total. The summed E-state index contributed by atoms with van der Waals surface area (Å²) in [5, 5.41) is 13.7. The molecule has 0 saturated carbocycles. The minimum atomic E-state index is -0.726. The van der Waals surface area contributed by atoms with E-state index in [0.717, 1.165) is 24.1 Å². The molecule has 200 valence electrons. The number of nitrogens with one attached hydrogen (secondary N) is 1. The predicted octanol–water partition coefficient (Wildman–Crippen LogP) is 5.39. The van der Waals surface area contributed by atoms with Crippen molar-refractivity contribution in [1.82, 2.24) is 5.32 Å².